The van der Waals surface area contributed by atoms with E-state index in [1.54, 1.807) is 31.6 Å². The minimum Gasteiger partial charge on any atom is -0.497 e. The summed E-state index contributed by atoms with van der Waals surface area (Å²) in [5, 5.41) is 9.85. The van der Waals surface area contributed by atoms with Gasteiger partial charge in [-0.2, -0.15) is 0 Å². The van der Waals surface area contributed by atoms with Gasteiger partial charge >= 0.3 is 5.97 Å². The zero-order chi connectivity index (χ0) is 22.7. The Morgan fingerprint density at radius 1 is 0.938 bits per heavy atom. The predicted octanol–water partition coefficient (Wildman–Crippen LogP) is 6.78. The van der Waals surface area contributed by atoms with E-state index < -0.39 is 5.97 Å². The highest BCUT2D eigenvalue weighted by atomic mass is 32.1. The fourth-order valence-corrected chi connectivity index (χ4v) is 4.55. The molecule has 0 bridgehead atoms. The van der Waals surface area contributed by atoms with Gasteiger partial charge in [-0.15, -0.1) is 11.3 Å². The molecule has 0 fully saturated rings. The lowest BCUT2D eigenvalue weighted by molar-refractivity contribution is -0.131. The largest absolute Gasteiger partial charge is 0.497 e. The molecule has 0 atom stereocenters. The molecule has 4 aromatic rings. The van der Waals surface area contributed by atoms with Crippen molar-refractivity contribution in [3.8, 4) is 33.4 Å². The number of benzene rings is 3. The number of fused-ring (bicyclic) bond motifs is 1. The Morgan fingerprint density at radius 2 is 1.66 bits per heavy atom. The van der Waals surface area contributed by atoms with Gasteiger partial charge in [-0.1, -0.05) is 6.07 Å². The molecule has 32 heavy (non-hydrogen) atoms. The molecule has 0 saturated heterocycles. The number of ether oxygens (including phenoxy) is 3. The zero-order valence-electron chi connectivity index (χ0n) is 17.9. The number of aliphatic carboxylic acids is 1. The zero-order valence-corrected chi connectivity index (χ0v) is 18.7. The summed E-state index contributed by atoms with van der Waals surface area (Å²) >= 11 is 1.64. The van der Waals surface area contributed by atoms with Crippen molar-refractivity contribution in [2.75, 3.05) is 14.2 Å². The van der Waals surface area contributed by atoms with Gasteiger partial charge in [-0.3, -0.25) is 0 Å². The van der Waals surface area contributed by atoms with E-state index in [1.807, 2.05) is 67.6 Å². The van der Waals surface area contributed by atoms with E-state index in [0.29, 0.717) is 5.75 Å². The van der Waals surface area contributed by atoms with Crippen molar-refractivity contribution in [2.45, 2.75) is 6.92 Å². The minimum atomic E-state index is -0.979. The molecule has 0 aliphatic heterocycles. The van der Waals surface area contributed by atoms with Crippen LogP contribution >= 0.6 is 11.3 Å². The van der Waals surface area contributed by atoms with Crippen LogP contribution in [0.1, 0.15) is 11.1 Å². The third-order valence-electron chi connectivity index (χ3n) is 5.03. The van der Waals surface area contributed by atoms with Crippen LogP contribution in [0.4, 0.5) is 0 Å². The Kier molecular flexibility index (Phi) is 6.14. The molecule has 6 heteroatoms. The quantitative estimate of drug-likeness (QED) is 0.317. The molecule has 0 aliphatic rings. The number of carbonyl (C=O) groups is 1. The van der Waals surface area contributed by atoms with Crippen LogP contribution in [0.5, 0.6) is 23.0 Å². The van der Waals surface area contributed by atoms with Crippen LogP contribution in [0.2, 0.25) is 0 Å². The summed E-state index contributed by atoms with van der Waals surface area (Å²) < 4.78 is 18.2. The molecule has 0 radical (unpaired) electrons. The molecule has 0 saturated carbocycles. The van der Waals surface area contributed by atoms with Crippen LogP contribution < -0.4 is 14.2 Å². The third kappa shape index (κ3) is 4.45. The first kappa shape index (κ1) is 21.5. The van der Waals surface area contributed by atoms with Crippen molar-refractivity contribution in [1.29, 1.82) is 0 Å². The van der Waals surface area contributed by atoms with E-state index in [9.17, 15) is 4.79 Å². The molecule has 162 valence electrons. The van der Waals surface area contributed by atoms with Crippen LogP contribution in [-0.4, -0.2) is 25.3 Å². The lowest BCUT2D eigenvalue weighted by atomic mass is 10.1. The van der Waals surface area contributed by atoms with Gasteiger partial charge < -0.3 is 19.3 Å². The van der Waals surface area contributed by atoms with E-state index in [1.165, 1.54) is 0 Å². The van der Waals surface area contributed by atoms with Crippen LogP contribution in [0.3, 0.4) is 0 Å². The summed E-state index contributed by atoms with van der Waals surface area (Å²) in [6.45, 7) is 1.94. The average Bonchev–Trinajstić information content (AvgIpc) is 3.16. The van der Waals surface area contributed by atoms with E-state index >= 15 is 0 Å². The molecule has 0 amide bonds. The summed E-state index contributed by atoms with van der Waals surface area (Å²) in [4.78, 5) is 11.8. The predicted molar refractivity (Wildman–Crippen MR) is 128 cm³/mol. The number of carboxylic acids is 1. The molecule has 0 spiro atoms. The number of thiophene rings is 1. The monoisotopic (exact) mass is 446 g/mol. The van der Waals surface area contributed by atoms with Crippen LogP contribution in [0.15, 0.2) is 66.7 Å². The van der Waals surface area contributed by atoms with Crippen molar-refractivity contribution in [1.82, 2.24) is 0 Å². The van der Waals surface area contributed by atoms with Crippen molar-refractivity contribution < 1.29 is 24.1 Å². The summed E-state index contributed by atoms with van der Waals surface area (Å²) in [7, 11) is 3.30. The molecule has 1 N–H and O–H groups in total. The van der Waals surface area contributed by atoms with Gasteiger partial charge in [0.1, 0.15) is 17.2 Å². The average molecular weight is 447 g/mol. The Labute approximate surface area is 190 Å². The smallest absolute Gasteiger partial charge is 0.328 e. The van der Waals surface area contributed by atoms with Crippen molar-refractivity contribution in [2.24, 2.45) is 0 Å². The van der Waals surface area contributed by atoms with E-state index in [2.05, 4.69) is 0 Å². The van der Waals surface area contributed by atoms with E-state index in [-0.39, 0.29) is 0 Å². The highest BCUT2D eigenvalue weighted by molar-refractivity contribution is 7.22. The lowest BCUT2D eigenvalue weighted by Crippen LogP contribution is -1.90. The molecular weight excluding hydrogens is 424 g/mol. The van der Waals surface area contributed by atoms with Gasteiger partial charge in [-0.05, 0) is 84.3 Å². The van der Waals surface area contributed by atoms with Gasteiger partial charge in [-0.25, -0.2) is 4.79 Å². The van der Waals surface area contributed by atoms with Gasteiger partial charge in [0.05, 0.1) is 19.1 Å². The number of rotatable bonds is 7. The van der Waals surface area contributed by atoms with Crippen molar-refractivity contribution >= 4 is 33.5 Å². The Bertz CT molecular complexity index is 1300. The molecule has 3 aromatic carbocycles. The molecular formula is C26H22O5S. The second-order valence-electron chi connectivity index (χ2n) is 7.15. The van der Waals surface area contributed by atoms with E-state index in [4.69, 9.17) is 19.3 Å². The van der Waals surface area contributed by atoms with Crippen molar-refractivity contribution in [3.05, 3.63) is 77.9 Å². The van der Waals surface area contributed by atoms with Gasteiger partial charge in [0, 0.05) is 16.2 Å². The number of aryl methyl sites for hydroxylation is 1. The Morgan fingerprint density at radius 3 is 2.31 bits per heavy atom. The summed E-state index contributed by atoms with van der Waals surface area (Å²) in [6.07, 6.45) is 2.69. The summed E-state index contributed by atoms with van der Waals surface area (Å²) in [5.41, 5.74) is 2.73. The number of carboxylic acid groups (broad SMARTS) is 1. The van der Waals surface area contributed by atoms with Gasteiger partial charge in [0.25, 0.3) is 0 Å². The van der Waals surface area contributed by atoms with E-state index in [0.717, 1.165) is 55.0 Å². The van der Waals surface area contributed by atoms with Crippen molar-refractivity contribution in [3.63, 3.8) is 0 Å². The second kappa shape index (κ2) is 9.16. The SMILES string of the molecule is COc1ccc(-c2sc3cc(OC)ccc3c2Oc2ccc(C=CC(=O)O)cc2C)cc1. The topological polar surface area (TPSA) is 65.0 Å². The molecule has 1 aromatic heterocycles. The molecule has 5 nitrogen and oxygen atoms in total. The maximum atomic E-state index is 10.8. The van der Waals surface area contributed by atoms with Gasteiger partial charge in [0.2, 0.25) is 0 Å². The molecule has 1 heterocycles. The summed E-state index contributed by atoms with van der Waals surface area (Å²) in [5.74, 6) is 2.09. The fraction of sp³-hybridized carbons (Fsp3) is 0.115. The Balaban J connectivity index is 1.79. The highest BCUT2D eigenvalue weighted by Crippen LogP contribution is 2.47. The van der Waals surface area contributed by atoms with Crippen LogP contribution in [0.25, 0.3) is 26.6 Å². The first-order valence-electron chi connectivity index (χ1n) is 9.93. The first-order chi connectivity index (χ1) is 15.5. The minimum absolute atomic E-state index is 0.711. The summed E-state index contributed by atoms with van der Waals surface area (Å²) in [6, 6.07) is 19.4. The fourth-order valence-electron chi connectivity index (χ4n) is 3.38. The maximum Gasteiger partial charge on any atom is 0.328 e. The van der Waals surface area contributed by atoms with Crippen LogP contribution in [-0.2, 0) is 4.79 Å². The normalized spacial score (nSPS) is 11.1. The number of hydrogen-bond acceptors (Lipinski definition) is 5. The number of hydrogen-bond donors (Lipinski definition) is 1. The maximum absolute atomic E-state index is 10.8. The van der Waals surface area contributed by atoms with Gasteiger partial charge in [0.15, 0.2) is 5.75 Å². The Hall–Kier alpha value is -3.77. The third-order valence-corrected chi connectivity index (χ3v) is 6.22. The number of methoxy groups -OCH3 is 2. The molecule has 4 rings (SSSR count). The van der Waals surface area contributed by atoms with Crippen LogP contribution in [0, 0.1) is 6.92 Å². The molecule has 0 unspecified atom stereocenters. The molecule has 0 aliphatic carbocycles. The standard InChI is InChI=1S/C26H22O5S/c1-16-14-17(5-13-24(27)28)4-12-22(16)31-25-21-11-10-20(30-3)15-23(21)32-26(25)18-6-8-19(29-2)9-7-18/h4-15H,1-3H3,(H,27,28). The highest BCUT2D eigenvalue weighted by Gasteiger charge is 2.18. The second-order valence-corrected chi connectivity index (χ2v) is 8.20. The lowest BCUT2D eigenvalue weighted by Gasteiger charge is -2.12. The first-order valence-corrected chi connectivity index (χ1v) is 10.7.